The molecule has 1 aliphatic rings. The van der Waals surface area contributed by atoms with E-state index in [9.17, 15) is 4.79 Å². The van der Waals surface area contributed by atoms with Gasteiger partial charge in [-0.15, -0.1) is 0 Å². The maximum Gasteiger partial charge on any atom is 0.292 e. The Balaban J connectivity index is 2.09. The third kappa shape index (κ3) is 1.63. The number of carbonyl (C=O) groups is 1. The SMILES string of the molecule is Cc1cc(C(=O)N2CC[C@H](N)C2)on1. The molecule has 0 aliphatic carbocycles. The van der Waals surface area contributed by atoms with E-state index in [1.54, 1.807) is 17.9 Å². The Morgan fingerprint density at radius 3 is 3.07 bits per heavy atom. The predicted octanol–water partition coefficient (Wildman–Crippen LogP) is 0.156. The first-order valence-electron chi connectivity index (χ1n) is 4.65. The lowest BCUT2D eigenvalue weighted by Crippen LogP contribution is -2.31. The minimum absolute atomic E-state index is 0.1000. The standard InChI is InChI=1S/C9H13N3O2/c1-6-4-8(14-11-6)9(13)12-3-2-7(10)5-12/h4,7H,2-3,5,10H2,1H3/t7-/m0/s1. The minimum Gasteiger partial charge on any atom is -0.351 e. The molecule has 2 heterocycles. The summed E-state index contributed by atoms with van der Waals surface area (Å²) in [6, 6.07) is 1.74. The van der Waals surface area contributed by atoms with Crippen LogP contribution in [0.15, 0.2) is 10.6 Å². The van der Waals surface area contributed by atoms with Gasteiger partial charge in [-0.1, -0.05) is 5.16 Å². The quantitative estimate of drug-likeness (QED) is 0.692. The van der Waals surface area contributed by atoms with Gasteiger partial charge in [-0.3, -0.25) is 4.79 Å². The van der Waals surface area contributed by atoms with Crippen LogP contribution in [-0.2, 0) is 0 Å². The van der Waals surface area contributed by atoms with Crippen LogP contribution >= 0.6 is 0 Å². The highest BCUT2D eigenvalue weighted by Gasteiger charge is 2.26. The van der Waals surface area contributed by atoms with Crippen molar-refractivity contribution in [3.63, 3.8) is 0 Å². The van der Waals surface area contributed by atoms with Crippen molar-refractivity contribution in [1.29, 1.82) is 0 Å². The molecule has 0 radical (unpaired) electrons. The fourth-order valence-corrected chi connectivity index (χ4v) is 1.59. The van der Waals surface area contributed by atoms with Crippen LogP contribution in [0.5, 0.6) is 0 Å². The molecule has 0 aromatic carbocycles. The molecule has 1 fully saturated rings. The number of aryl methyl sites for hydroxylation is 1. The summed E-state index contributed by atoms with van der Waals surface area (Å²) >= 11 is 0. The van der Waals surface area contributed by atoms with Gasteiger partial charge in [0.25, 0.3) is 5.91 Å². The van der Waals surface area contributed by atoms with Crippen LogP contribution in [0.4, 0.5) is 0 Å². The molecule has 1 atom stereocenters. The van der Waals surface area contributed by atoms with E-state index in [2.05, 4.69) is 5.16 Å². The second-order valence-corrected chi connectivity index (χ2v) is 3.63. The van der Waals surface area contributed by atoms with Crippen LogP contribution in [0.1, 0.15) is 22.7 Å². The van der Waals surface area contributed by atoms with Crippen molar-refractivity contribution < 1.29 is 9.32 Å². The number of nitrogens with zero attached hydrogens (tertiary/aromatic N) is 2. The molecule has 1 aliphatic heterocycles. The van der Waals surface area contributed by atoms with Crippen LogP contribution in [0, 0.1) is 6.92 Å². The van der Waals surface area contributed by atoms with Gasteiger partial charge in [0.2, 0.25) is 5.76 Å². The highest BCUT2D eigenvalue weighted by molar-refractivity contribution is 5.91. The van der Waals surface area contributed by atoms with E-state index in [0.29, 0.717) is 18.8 Å². The molecule has 2 rings (SSSR count). The Morgan fingerprint density at radius 2 is 2.57 bits per heavy atom. The first kappa shape index (κ1) is 9.21. The largest absolute Gasteiger partial charge is 0.351 e. The van der Waals surface area contributed by atoms with Crippen LogP contribution < -0.4 is 5.73 Å². The van der Waals surface area contributed by atoms with Gasteiger partial charge in [0, 0.05) is 25.2 Å². The Labute approximate surface area is 81.8 Å². The minimum atomic E-state index is -0.112. The van der Waals surface area contributed by atoms with Crippen LogP contribution in [0.3, 0.4) is 0 Å². The van der Waals surface area contributed by atoms with Gasteiger partial charge in [-0.25, -0.2) is 0 Å². The molecule has 5 heteroatoms. The number of likely N-dealkylation sites (tertiary alicyclic amines) is 1. The third-order valence-corrected chi connectivity index (χ3v) is 2.35. The number of hydrogen-bond acceptors (Lipinski definition) is 4. The average Bonchev–Trinajstić information content (AvgIpc) is 2.73. The summed E-state index contributed by atoms with van der Waals surface area (Å²) < 4.78 is 4.89. The van der Waals surface area contributed by atoms with Gasteiger partial charge in [0.15, 0.2) is 0 Å². The van der Waals surface area contributed by atoms with E-state index in [0.717, 1.165) is 12.1 Å². The van der Waals surface area contributed by atoms with Crippen molar-refractivity contribution in [2.24, 2.45) is 5.73 Å². The van der Waals surface area contributed by atoms with E-state index >= 15 is 0 Å². The van der Waals surface area contributed by atoms with Gasteiger partial charge in [-0.05, 0) is 13.3 Å². The van der Waals surface area contributed by atoms with Crippen LogP contribution in [-0.4, -0.2) is 35.1 Å². The van der Waals surface area contributed by atoms with E-state index in [-0.39, 0.29) is 11.9 Å². The molecule has 14 heavy (non-hydrogen) atoms. The number of amides is 1. The summed E-state index contributed by atoms with van der Waals surface area (Å²) in [6.45, 7) is 3.11. The summed E-state index contributed by atoms with van der Waals surface area (Å²) in [5.74, 6) is 0.190. The lowest BCUT2D eigenvalue weighted by Gasteiger charge is -2.12. The van der Waals surface area contributed by atoms with Crippen molar-refractivity contribution in [2.75, 3.05) is 13.1 Å². The normalized spacial score (nSPS) is 21.6. The summed E-state index contributed by atoms with van der Waals surface area (Å²) in [4.78, 5) is 13.4. The molecule has 0 spiro atoms. The second-order valence-electron chi connectivity index (χ2n) is 3.63. The van der Waals surface area contributed by atoms with Crippen LogP contribution in [0.25, 0.3) is 0 Å². The number of hydrogen-bond donors (Lipinski definition) is 1. The second kappa shape index (κ2) is 3.42. The predicted molar refractivity (Wildman–Crippen MR) is 49.7 cm³/mol. The molecule has 5 nitrogen and oxygen atoms in total. The van der Waals surface area contributed by atoms with Gasteiger partial charge >= 0.3 is 0 Å². The molecule has 1 aromatic heterocycles. The number of aromatic nitrogens is 1. The van der Waals surface area contributed by atoms with Gasteiger partial charge in [0.1, 0.15) is 0 Å². The molecule has 1 amide bonds. The van der Waals surface area contributed by atoms with Crippen molar-refractivity contribution in [2.45, 2.75) is 19.4 Å². The molecule has 0 unspecified atom stereocenters. The lowest BCUT2D eigenvalue weighted by atomic mass is 10.3. The molecule has 2 N–H and O–H groups in total. The average molecular weight is 195 g/mol. The van der Waals surface area contributed by atoms with Gasteiger partial charge in [-0.2, -0.15) is 0 Å². The zero-order chi connectivity index (χ0) is 10.1. The molecular weight excluding hydrogens is 182 g/mol. The zero-order valence-electron chi connectivity index (χ0n) is 8.06. The molecule has 1 saturated heterocycles. The summed E-state index contributed by atoms with van der Waals surface area (Å²) in [7, 11) is 0. The summed E-state index contributed by atoms with van der Waals surface area (Å²) in [6.07, 6.45) is 0.860. The zero-order valence-corrected chi connectivity index (χ0v) is 8.06. The maximum absolute atomic E-state index is 11.7. The fourth-order valence-electron chi connectivity index (χ4n) is 1.59. The first-order chi connectivity index (χ1) is 6.66. The van der Waals surface area contributed by atoms with E-state index in [1.807, 2.05) is 0 Å². The van der Waals surface area contributed by atoms with Crippen molar-refractivity contribution in [3.05, 3.63) is 17.5 Å². The molecule has 76 valence electrons. The Hall–Kier alpha value is -1.36. The Kier molecular flexibility index (Phi) is 2.25. The molecule has 0 saturated carbocycles. The van der Waals surface area contributed by atoms with Crippen molar-refractivity contribution in [3.8, 4) is 0 Å². The monoisotopic (exact) mass is 195 g/mol. The lowest BCUT2D eigenvalue weighted by molar-refractivity contribution is 0.0749. The highest BCUT2D eigenvalue weighted by atomic mass is 16.5. The molecule has 1 aromatic rings. The smallest absolute Gasteiger partial charge is 0.292 e. The summed E-state index contributed by atoms with van der Waals surface area (Å²) in [5.41, 5.74) is 6.43. The number of rotatable bonds is 1. The van der Waals surface area contributed by atoms with Gasteiger partial charge < -0.3 is 15.2 Å². The van der Waals surface area contributed by atoms with E-state index in [4.69, 9.17) is 10.3 Å². The number of nitrogens with two attached hydrogens (primary N) is 1. The summed E-state index contributed by atoms with van der Waals surface area (Å²) in [5, 5.41) is 3.67. The Morgan fingerprint density at radius 1 is 1.79 bits per heavy atom. The number of carbonyl (C=O) groups excluding carboxylic acids is 1. The maximum atomic E-state index is 11.7. The van der Waals surface area contributed by atoms with E-state index in [1.165, 1.54) is 0 Å². The highest BCUT2D eigenvalue weighted by Crippen LogP contribution is 2.12. The van der Waals surface area contributed by atoms with Crippen LogP contribution in [0.2, 0.25) is 0 Å². The van der Waals surface area contributed by atoms with E-state index < -0.39 is 0 Å². The van der Waals surface area contributed by atoms with Crippen molar-refractivity contribution in [1.82, 2.24) is 10.1 Å². The molecule has 0 bridgehead atoms. The molecular formula is C9H13N3O2. The first-order valence-corrected chi connectivity index (χ1v) is 4.65. The topological polar surface area (TPSA) is 72.4 Å². The van der Waals surface area contributed by atoms with Crippen molar-refractivity contribution >= 4 is 5.91 Å². The third-order valence-electron chi connectivity index (χ3n) is 2.35. The fraction of sp³-hybridized carbons (Fsp3) is 0.556. The van der Waals surface area contributed by atoms with Gasteiger partial charge in [0.05, 0.1) is 5.69 Å². The Bertz CT molecular complexity index is 348.